The Labute approximate surface area is 53.3 Å². The second-order valence-corrected chi connectivity index (χ2v) is 1.84. The van der Waals surface area contributed by atoms with Crippen molar-refractivity contribution in [1.82, 2.24) is 4.68 Å². The molecule has 1 aromatic heterocycles. The molecule has 0 spiro atoms. The summed E-state index contributed by atoms with van der Waals surface area (Å²) in [5, 5.41) is 0. The van der Waals surface area contributed by atoms with Crippen molar-refractivity contribution >= 4 is 0 Å². The van der Waals surface area contributed by atoms with Crippen LogP contribution in [0.4, 0.5) is 4.39 Å². The zero-order valence-electron chi connectivity index (χ0n) is 5.48. The summed E-state index contributed by atoms with van der Waals surface area (Å²) >= 11 is 0. The Bertz CT molecular complexity index is 205. The third-order valence-corrected chi connectivity index (χ3v) is 1.32. The van der Waals surface area contributed by atoms with Gasteiger partial charge in [0.1, 0.15) is 5.82 Å². The molecule has 1 heterocycles. The largest absolute Gasteiger partial charge is 0.329 e. The molecule has 0 unspecified atom stereocenters. The Balaban J connectivity index is 3.04. The fraction of sp³-hybridized carbons (Fsp3) is 0.333. The molecular formula is C6H9FN2. The highest BCUT2D eigenvalue weighted by atomic mass is 19.1. The highest BCUT2D eigenvalue weighted by molar-refractivity contribution is 5.09. The Morgan fingerprint density at radius 3 is 2.56 bits per heavy atom. The summed E-state index contributed by atoms with van der Waals surface area (Å²) in [6, 6.07) is 1.42. The average Bonchev–Trinajstić information content (AvgIpc) is 2.15. The van der Waals surface area contributed by atoms with Gasteiger partial charge in [0.05, 0.1) is 5.69 Å². The van der Waals surface area contributed by atoms with E-state index >= 15 is 0 Å². The Morgan fingerprint density at radius 2 is 2.33 bits per heavy atom. The molecule has 3 heteroatoms. The van der Waals surface area contributed by atoms with Crippen molar-refractivity contribution in [3.8, 4) is 0 Å². The third-order valence-electron chi connectivity index (χ3n) is 1.32. The number of rotatable bonds is 1. The molecule has 0 aliphatic rings. The van der Waals surface area contributed by atoms with E-state index in [1.165, 1.54) is 6.07 Å². The van der Waals surface area contributed by atoms with E-state index in [4.69, 9.17) is 0 Å². The van der Waals surface area contributed by atoms with Gasteiger partial charge in [0.15, 0.2) is 0 Å². The van der Waals surface area contributed by atoms with Crippen molar-refractivity contribution in [2.45, 2.75) is 6.92 Å². The SMILES string of the molecule is CNn1ccc(F)c1C. The molecule has 0 radical (unpaired) electrons. The van der Waals surface area contributed by atoms with Crippen LogP contribution in [-0.2, 0) is 0 Å². The summed E-state index contributed by atoms with van der Waals surface area (Å²) in [4.78, 5) is 0. The minimum Gasteiger partial charge on any atom is -0.329 e. The summed E-state index contributed by atoms with van der Waals surface area (Å²) in [6.45, 7) is 1.71. The first kappa shape index (κ1) is 6.13. The van der Waals surface area contributed by atoms with Gasteiger partial charge in [0, 0.05) is 13.2 Å². The number of aromatic nitrogens is 1. The highest BCUT2D eigenvalue weighted by Gasteiger charge is 1.99. The molecule has 1 aromatic rings. The molecule has 0 atom stereocenters. The van der Waals surface area contributed by atoms with Crippen molar-refractivity contribution in [3.63, 3.8) is 0 Å². The summed E-state index contributed by atoms with van der Waals surface area (Å²) in [5.74, 6) is -0.177. The Morgan fingerprint density at radius 1 is 1.67 bits per heavy atom. The Hall–Kier alpha value is -0.990. The normalized spacial score (nSPS) is 9.67. The van der Waals surface area contributed by atoms with E-state index in [-0.39, 0.29) is 5.82 Å². The minimum absolute atomic E-state index is 0.177. The fourth-order valence-electron chi connectivity index (χ4n) is 0.730. The molecule has 0 saturated carbocycles. The number of nitrogens with one attached hydrogen (secondary N) is 1. The van der Waals surface area contributed by atoms with Gasteiger partial charge in [0.2, 0.25) is 0 Å². The maximum Gasteiger partial charge on any atom is 0.145 e. The quantitative estimate of drug-likeness (QED) is 0.599. The standard InChI is InChI=1S/C6H9FN2/c1-5-6(7)3-4-9(5)8-2/h3-4,8H,1-2H3. The molecule has 9 heavy (non-hydrogen) atoms. The van der Waals surface area contributed by atoms with Gasteiger partial charge in [-0.1, -0.05) is 0 Å². The van der Waals surface area contributed by atoms with E-state index in [1.807, 2.05) is 0 Å². The molecule has 1 N–H and O–H groups in total. The first-order chi connectivity index (χ1) is 4.25. The maximum atomic E-state index is 12.5. The smallest absolute Gasteiger partial charge is 0.145 e. The molecule has 1 rings (SSSR count). The summed E-state index contributed by atoms with van der Waals surface area (Å²) in [5.41, 5.74) is 3.40. The van der Waals surface area contributed by atoms with Crippen LogP contribution in [0.1, 0.15) is 5.69 Å². The first-order valence-corrected chi connectivity index (χ1v) is 2.77. The number of nitrogens with zero attached hydrogens (tertiary/aromatic N) is 1. The molecule has 50 valence electrons. The zero-order chi connectivity index (χ0) is 6.85. The number of hydrogen-bond acceptors (Lipinski definition) is 1. The van der Waals surface area contributed by atoms with Gasteiger partial charge in [-0.2, -0.15) is 0 Å². The van der Waals surface area contributed by atoms with Crippen LogP contribution < -0.4 is 5.43 Å². The number of halogens is 1. The van der Waals surface area contributed by atoms with E-state index in [2.05, 4.69) is 5.43 Å². The third kappa shape index (κ3) is 0.896. The molecule has 0 aromatic carbocycles. The second kappa shape index (κ2) is 2.09. The lowest BCUT2D eigenvalue weighted by Gasteiger charge is -2.01. The molecule has 0 saturated heterocycles. The van der Waals surface area contributed by atoms with Crippen LogP contribution in [0.2, 0.25) is 0 Å². The molecule has 0 bridgehead atoms. The predicted octanol–water partition coefficient (Wildman–Crippen LogP) is 1.11. The topological polar surface area (TPSA) is 17.0 Å². The first-order valence-electron chi connectivity index (χ1n) is 2.77. The van der Waals surface area contributed by atoms with E-state index in [0.717, 1.165) is 0 Å². The molecule has 0 amide bonds. The minimum atomic E-state index is -0.177. The van der Waals surface area contributed by atoms with Crippen molar-refractivity contribution in [2.75, 3.05) is 12.5 Å². The van der Waals surface area contributed by atoms with Gasteiger partial charge in [-0.15, -0.1) is 0 Å². The Kier molecular flexibility index (Phi) is 1.42. The summed E-state index contributed by atoms with van der Waals surface area (Å²) in [6.07, 6.45) is 1.64. The van der Waals surface area contributed by atoms with Gasteiger partial charge >= 0.3 is 0 Å². The summed E-state index contributed by atoms with van der Waals surface area (Å²) in [7, 11) is 1.74. The molecule has 0 aliphatic carbocycles. The lowest BCUT2D eigenvalue weighted by atomic mass is 10.5. The van der Waals surface area contributed by atoms with Crippen LogP contribution >= 0.6 is 0 Å². The fourth-order valence-corrected chi connectivity index (χ4v) is 0.730. The van der Waals surface area contributed by atoms with Gasteiger partial charge in [-0.05, 0) is 13.0 Å². The molecular weight excluding hydrogens is 119 g/mol. The van der Waals surface area contributed by atoms with E-state index < -0.39 is 0 Å². The average molecular weight is 128 g/mol. The van der Waals surface area contributed by atoms with E-state index in [0.29, 0.717) is 5.69 Å². The van der Waals surface area contributed by atoms with Crippen LogP contribution in [0.15, 0.2) is 12.3 Å². The lowest BCUT2D eigenvalue weighted by molar-refractivity contribution is 0.612. The second-order valence-electron chi connectivity index (χ2n) is 1.84. The lowest BCUT2D eigenvalue weighted by Crippen LogP contribution is -2.08. The van der Waals surface area contributed by atoms with Gasteiger partial charge < -0.3 is 5.43 Å². The van der Waals surface area contributed by atoms with Gasteiger partial charge in [-0.3, -0.25) is 4.68 Å². The van der Waals surface area contributed by atoms with Crippen LogP contribution in [0, 0.1) is 12.7 Å². The number of hydrogen-bond donors (Lipinski definition) is 1. The predicted molar refractivity (Wildman–Crippen MR) is 34.4 cm³/mol. The molecule has 0 aliphatic heterocycles. The molecule has 0 fully saturated rings. The van der Waals surface area contributed by atoms with E-state index in [9.17, 15) is 4.39 Å². The van der Waals surface area contributed by atoms with Crippen LogP contribution in [0.5, 0.6) is 0 Å². The van der Waals surface area contributed by atoms with E-state index in [1.54, 1.807) is 24.8 Å². The highest BCUT2D eigenvalue weighted by Crippen LogP contribution is 2.03. The van der Waals surface area contributed by atoms with Crippen molar-refractivity contribution in [2.24, 2.45) is 0 Å². The van der Waals surface area contributed by atoms with Gasteiger partial charge in [0.25, 0.3) is 0 Å². The zero-order valence-corrected chi connectivity index (χ0v) is 5.48. The van der Waals surface area contributed by atoms with Crippen molar-refractivity contribution in [1.29, 1.82) is 0 Å². The van der Waals surface area contributed by atoms with Crippen molar-refractivity contribution < 1.29 is 4.39 Å². The van der Waals surface area contributed by atoms with Crippen LogP contribution in [0.3, 0.4) is 0 Å². The van der Waals surface area contributed by atoms with Crippen LogP contribution in [0.25, 0.3) is 0 Å². The van der Waals surface area contributed by atoms with Crippen LogP contribution in [-0.4, -0.2) is 11.7 Å². The maximum absolute atomic E-state index is 12.5. The monoisotopic (exact) mass is 128 g/mol. The van der Waals surface area contributed by atoms with Crippen molar-refractivity contribution in [3.05, 3.63) is 23.8 Å². The molecule has 2 nitrogen and oxygen atoms in total. The van der Waals surface area contributed by atoms with Gasteiger partial charge in [-0.25, -0.2) is 4.39 Å². The summed E-state index contributed by atoms with van der Waals surface area (Å²) < 4.78 is 14.1.